The molecule has 140 valence electrons. The maximum absolute atomic E-state index is 11.9. The molecule has 4 nitrogen and oxygen atoms in total. The third-order valence-corrected chi connectivity index (χ3v) is 6.05. The molecule has 1 fully saturated rings. The van der Waals surface area contributed by atoms with Crippen LogP contribution in [0.4, 0.5) is 5.69 Å². The maximum Gasteiger partial charge on any atom is 0.247 e. The van der Waals surface area contributed by atoms with Crippen LogP contribution in [0.15, 0.2) is 47.8 Å². The van der Waals surface area contributed by atoms with Crippen molar-refractivity contribution in [1.29, 1.82) is 0 Å². The number of hydrogen-bond donors (Lipinski definition) is 0. The molecule has 2 atom stereocenters. The number of amides is 1. The number of rotatable bonds is 7. The van der Waals surface area contributed by atoms with E-state index in [0.717, 1.165) is 38.2 Å². The van der Waals surface area contributed by atoms with Gasteiger partial charge in [-0.25, -0.2) is 0 Å². The fourth-order valence-electron chi connectivity index (χ4n) is 3.54. The summed E-state index contributed by atoms with van der Waals surface area (Å²) in [4.78, 5) is 21.9. The van der Waals surface area contributed by atoms with Gasteiger partial charge in [-0.1, -0.05) is 31.2 Å². The van der Waals surface area contributed by atoms with Gasteiger partial charge in [0.05, 0.1) is 12.3 Å². The van der Waals surface area contributed by atoms with Crippen molar-refractivity contribution in [2.75, 3.05) is 31.3 Å². The molecule has 3 rings (SSSR count). The van der Waals surface area contributed by atoms with Crippen LogP contribution in [0.5, 0.6) is 0 Å². The molecular weight excluding hydrogens is 344 g/mol. The predicted molar refractivity (Wildman–Crippen MR) is 107 cm³/mol. The zero-order valence-electron chi connectivity index (χ0n) is 15.6. The summed E-state index contributed by atoms with van der Waals surface area (Å²) in [5, 5.41) is 3.57. The first-order valence-corrected chi connectivity index (χ1v) is 10.2. The Bertz CT molecular complexity index is 675. The van der Waals surface area contributed by atoms with E-state index in [9.17, 15) is 4.79 Å². The van der Waals surface area contributed by atoms with Gasteiger partial charge < -0.3 is 4.90 Å². The van der Waals surface area contributed by atoms with Crippen LogP contribution in [0.1, 0.15) is 25.1 Å². The number of hydroxylamine groups is 1. The second-order valence-corrected chi connectivity index (χ2v) is 8.13. The SMILES string of the molecule is CC(=O)N(OC[C@@H]1CCN(CCc2cccs2)C[C@@H]1C)c1ccccc1. The molecule has 5 heteroatoms. The van der Waals surface area contributed by atoms with Crippen LogP contribution in [-0.2, 0) is 16.1 Å². The van der Waals surface area contributed by atoms with Gasteiger partial charge in [-0.3, -0.25) is 9.63 Å². The third-order valence-electron chi connectivity index (χ3n) is 5.12. The van der Waals surface area contributed by atoms with Gasteiger partial charge in [-0.05, 0) is 54.8 Å². The highest BCUT2D eigenvalue weighted by Gasteiger charge is 2.27. The quantitative estimate of drug-likeness (QED) is 0.682. The van der Waals surface area contributed by atoms with Crippen LogP contribution in [0.3, 0.4) is 0 Å². The first kappa shape index (κ1) is 19.1. The fraction of sp³-hybridized carbons (Fsp3) is 0.476. The van der Waals surface area contributed by atoms with Gasteiger partial charge in [0.2, 0.25) is 5.91 Å². The second-order valence-electron chi connectivity index (χ2n) is 7.10. The molecule has 0 radical (unpaired) electrons. The van der Waals surface area contributed by atoms with Crippen molar-refractivity contribution in [2.24, 2.45) is 11.8 Å². The van der Waals surface area contributed by atoms with Crippen LogP contribution in [0, 0.1) is 11.8 Å². The number of hydrogen-bond acceptors (Lipinski definition) is 4. The Kier molecular flexibility index (Phi) is 6.83. The number of piperidine rings is 1. The molecule has 2 heterocycles. The average Bonchev–Trinajstić information content (AvgIpc) is 3.16. The molecule has 0 spiro atoms. The monoisotopic (exact) mass is 372 g/mol. The third kappa shape index (κ3) is 5.16. The van der Waals surface area contributed by atoms with Gasteiger partial charge in [0.1, 0.15) is 0 Å². The summed E-state index contributed by atoms with van der Waals surface area (Å²) >= 11 is 1.84. The van der Waals surface area contributed by atoms with E-state index in [-0.39, 0.29) is 5.91 Å². The van der Waals surface area contributed by atoms with E-state index in [1.807, 2.05) is 41.7 Å². The van der Waals surface area contributed by atoms with Crippen LogP contribution >= 0.6 is 11.3 Å². The highest BCUT2D eigenvalue weighted by atomic mass is 32.1. The Balaban J connectivity index is 1.47. The number of carbonyl (C=O) groups excluding carboxylic acids is 1. The first-order valence-electron chi connectivity index (χ1n) is 9.37. The van der Waals surface area contributed by atoms with Crippen molar-refractivity contribution in [3.63, 3.8) is 0 Å². The smallest absolute Gasteiger partial charge is 0.247 e. The highest BCUT2D eigenvalue weighted by molar-refractivity contribution is 7.09. The van der Waals surface area contributed by atoms with E-state index in [1.165, 1.54) is 9.94 Å². The number of nitrogens with zero attached hydrogens (tertiary/aromatic N) is 2. The molecule has 0 unspecified atom stereocenters. The minimum absolute atomic E-state index is 0.0859. The summed E-state index contributed by atoms with van der Waals surface area (Å²) in [6.07, 6.45) is 2.25. The zero-order valence-corrected chi connectivity index (χ0v) is 16.5. The molecule has 0 saturated carbocycles. The topological polar surface area (TPSA) is 32.8 Å². The Morgan fingerprint density at radius 2 is 2.08 bits per heavy atom. The van der Waals surface area contributed by atoms with Crippen molar-refractivity contribution in [1.82, 2.24) is 4.90 Å². The number of thiophene rings is 1. The lowest BCUT2D eigenvalue weighted by Gasteiger charge is -2.37. The van der Waals surface area contributed by atoms with E-state index in [1.54, 1.807) is 6.92 Å². The lowest BCUT2D eigenvalue weighted by molar-refractivity contribution is -0.125. The molecule has 2 aromatic rings. The summed E-state index contributed by atoms with van der Waals surface area (Å²) < 4.78 is 0. The van der Waals surface area contributed by atoms with Gasteiger partial charge in [0.15, 0.2) is 0 Å². The second kappa shape index (κ2) is 9.31. The van der Waals surface area contributed by atoms with Crippen LogP contribution in [0.2, 0.25) is 0 Å². The van der Waals surface area contributed by atoms with Crippen LogP contribution in [-0.4, -0.2) is 37.0 Å². The van der Waals surface area contributed by atoms with Crippen molar-refractivity contribution >= 4 is 22.9 Å². The summed E-state index contributed by atoms with van der Waals surface area (Å²) in [5.41, 5.74) is 0.793. The summed E-state index contributed by atoms with van der Waals surface area (Å²) in [5.74, 6) is 0.965. The number of anilines is 1. The normalized spacial score (nSPS) is 20.8. The molecule has 0 bridgehead atoms. The molecule has 1 saturated heterocycles. The summed E-state index contributed by atoms with van der Waals surface area (Å²) in [6, 6.07) is 13.9. The molecule has 1 amide bonds. The van der Waals surface area contributed by atoms with Gasteiger partial charge >= 0.3 is 0 Å². The van der Waals surface area contributed by atoms with Crippen molar-refractivity contribution in [2.45, 2.75) is 26.7 Å². The molecule has 26 heavy (non-hydrogen) atoms. The Hall–Kier alpha value is -1.69. The Labute approximate surface area is 160 Å². The molecule has 1 aliphatic heterocycles. The predicted octanol–water partition coefficient (Wildman–Crippen LogP) is 4.23. The van der Waals surface area contributed by atoms with Crippen molar-refractivity contribution in [3.05, 3.63) is 52.7 Å². The molecule has 1 aliphatic rings. The number of para-hydroxylation sites is 1. The molecule has 1 aromatic carbocycles. The first-order chi connectivity index (χ1) is 12.6. The van der Waals surface area contributed by atoms with Gasteiger partial charge in [-0.2, -0.15) is 5.06 Å². The minimum atomic E-state index is -0.0859. The lowest BCUT2D eigenvalue weighted by atomic mass is 9.87. The standard InChI is InChI=1S/C21H28N2O2S/c1-17-15-22(13-11-21-9-6-14-26-21)12-10-19(17)16-25-23(18(2)24)20-7-4-3-5-8-20/h3-9,14,17,19H,10-13,15-16H2,1-2H3/t17-,19-/m0/s1. The largest absolute Gasteiger partial charge is 0.303 e. The molecule has 0 aliphatic carbocycles. The average molecular weight is 373 g/mol. The number of benzene rings is 1. The fourth-order valence-corrected chi connectivity index (χ4v) is 4.23. The van der Waals surface area contributed by atoms with Crippen molar-refractivity contribution in [3.8, 4) is 0 Å². The van der Waals surface area contributed by atoms with Crippen molar-refractivity contribution < 1.29 is 9.63 Å². The summed E-state index contributed by atoms with van der Waals surface area (Å²) in [6.45, 7) is 7.77. The van der Waals surface area contributed by atoms with Gasteiger partial charge in [0.25, 0.3) is 0 Å². The van der Waals surface area contributed by atoms with Gasteiger partial charge in [-0.15, -0.1) is 11.3 Å². The number of likely N-dealkylation sites (tertiary alicyclic amines) is 1. The van der Waals surface area contributed by atoms with Gasteiger partial charge in [0, 0.05) is 24.9 Å². The van der Waals surface area contributed by atoms with E-state index >= 15 is 0 Å². The molecule has 1 aromatic heterocycles. The minimum Gasteiger partial charge on any atom is -0.303 e. The Morgan fingerprint density at radius 3 is 2.73 bits per heavy atom. The maximum atomic E-state index is 11.9. The van der Waals surface area contributed by atoms with E-state index in [4.69, 9.17) is 4.84 Å². The van der Waals surface area contributed by atoms with E-state index in [2.05, 4.69) is 29.3 Å². The highest BCUT2D eigenvalue weighted by Crippen LogP contribution is 2.25. The van der Waals surface area contributed by atoms with Crippen LogP contribution in [0.25, 0.3) is 0 Å². The zero-order chi connectivity index (χ0) is 18.4. The molecular formula is C21H28N2O2S. The summed E-state index contributed by atoms with van der Waals surface area (Å²) in [7, 11) is 0. The Morgan fingerprint density at radius 1 is 1.27 bits per heavy atom. The lowest BCUT2D eigenvalue weighted by Crippen LogP contribution is -2.43. The van der Waals surface area contributed by atoms with E-state index in [0.29, 0.717) is 18.4 Å². The molecule has 0 N–H and O–H groups in total. The van der Waals surface area contributed by atoms with Crippen LogP contribution < -0.4 is 5.06 Å². The van der Waals surface area contributed by atoms with E-state index < -0.39 is 0 Å². The number of carbonyl (C=O) groups is 1.